The van der Waals surface area contributed by atoms with Crippen molar-refractivity contribution >= 4 is 33.5 Å². The van der Waals surface area contributed by atoms with Crippen LogP contribution in [-0.2, 0) is 27.4 Å². The van der Waals surface area contributed by atoms with Gasteiger partial charge in [-0.15, -0.1) is 11.3 Å². The molecule has 0 saturated heterocycles. The Morgan fingerprint density at radius 1 is 1.17 bits per heavy atom. The van der Waals surface area contributed by atoms with Crippen LogP contribution in [0.1, 0.15) is 40.6 Å². The smallest absolute Gasteiger partial charge is 0.349 e. The Kier molecular flexibility index (Phi) is 6.77. The van der Waals surface area contributed by atoms with Crippen molar-refractivity contribution in [3.8, 4) is 0 Å². The van der Waals surface area contributed by atoms with Crippen LogP contribution in [0.25, 0.3) is 10.2 Å². The average Bonchev–Trinajstić information content (AvgIpc) is 3.06. The molecule has 1 aromatic carbocycles. The Morgan fingerprint density at radius 2 is 1.93 bits per heavy atom. The fourth-order valence-electron chi connectivity index (χ4n) is 2.77. The summed E-state index contributed by atoms with van der Waals surface area (Å²) >= 11 is 1.11. The van der Waals surface area contributed by atoms with Gasteiger partial charge in [-0.3, -0.25) is 14.2 Å². The number of ether oxygens (including phenoxy) is 2. The number of hydrogen-bond acceptors (Lipinski definition) is 7. The number of benzene rings is 1. The fraction of sp³-hybridized carbons (Fsp3) is 0.333. The topological polar surface area (TPSA) is 87.5 Å². The SMILES string of the molecule is CCCCOC(=O)Cn1cnc2sc(C(=O)OCc3ccccc3)c(C)c2c1=O. The Hall–Kier alpha value is -3.00. The van der Waals surface area contributed by atoms with E-state index in [1.807, 2.05) is 37.3 Å². The second kappa shape index (κ2) is 9.47. The van der Waals surface area contributed by atoms with E-state index in [1.165, 1.54) is 10.9 Å². The second-order valence-corrected chi connectivity index (χ2v) is 7.55. The normalized spacial score (nSPS) is 10.8. The predicted octanol–water partition coefficient (Wildman–Crippen LogP) is 3.47. The lowest BCUT2D eigenvalue weighted by Crippen LogP contribution is -2.25. The van der Waals surface area contributed by atoms with Crippen molar-refractivity contribution in [3.63, 3.8) is 0 Å². The molecule has 0 aliphatic rings. The molecule has 0 N–H and O–H groups in total. The number of unbranched alkanes of at least 4 members (excludes halogenated alkanes) is 1. The lowest BCUT2D eigenvalue weighted by molar-refractivity contribution is -0.144. The lowest BCUT2D eigenvalue weighted by atomic mass is 10.2. The highest BCUT2D eigenvalue weighted by Gasteiger charge is 2.21. The summed E-state index contributed by atoms with van der Waals surface area (Å²) in [6.45, 7) is 3.95. The largest absolute Gasteiger partial charge is 0.464 e. The molecule has 0 aliphatic heterocycles. The van der Waals surface area contributed by atoms with Crippen LogP contribution in [0.3, 0.4) is 0 Å². The minimum Gasteiger partial charge on any atom is -0.464 e. The van der Waals surface area contributed by atoms with Crippen LogP contribution < -0.4 is 5.56 Å². The molecular weight excluding hydrogens is 392 g/mol. The molecule has 2 heterocycles. The maximum absolute atomic E-state index is 12.8. The molecule has 3 aromatic rings. The van der Waals surface area contributed by atoms with Gasteiger partial charge in [-0.25, -0.2) is 9.78 Å². The van der Waals surface area contributed by atoms with Gasteiger partial charge in [0.1, 0.15) is 22.9 Å². The summed E-state index contributed by atoms with van der Waals surface area (Å²) in [5.74, 6) is -0.989. The molecule has 0 fully saturated rings. The predicted molar refractivity (Wildman–Crippen MR) is 110 cm³/mol. The molecule has 0 radical (unpaired) electrons. The summed E-state index contributed by atoms with van der Waals surface area (Å²) in [5.41, 5.74) is 1.01. The van der Waals surface area contributed by atoms with E-state index < -0.39 is 11.9 Å². The molecule has 0 spiro atoms. The van der Waals surface area contributed by atoms with Gasteiger partial charge in [0, 0.05) is 0 Å². The van der Waals surface area contributed by atoms with Crippen molar-refractivity contribution in [2.45, 2.75) is 39.8 Å². The van der Waals surface area contributed by atoms with E-state index in [9.17, 15) is 14.4 Å². The van der Waals surface area contributed by atoms with Crippen molar-refractivity contribution < 1.29 is 19.1 Å². The van der Waals surface area contributed by atoms with Gasteiger partial charge < -0.3 is 9.47 Å². The van der Waals surface area contributed by atoms with E-state index >= 15 is 0 Å². The number of fused-ring (bicyclic) bond motifs is 1. The maximum Gasteiger partial charge on any atom is 0.349 e. The minimum atomic E-state index is -0.501. The van der Waals surface area contributed by atoms with E-state index in [1.54, 1.807) is 6.92 Å². The Labute approximate surface area is 171 Å². The zero-order valence-corrected chi connectivity index (χ0v) is 17.2. The first-order valence-electron chi connectivity index (χ1n) is 9.36. The third kappa shape index (κ3) is 4.89. The third-order valence-electron chi connectivity index (χ3n) is 4.38. The molecule has 2 aromatic heterocycles. The molecule has 3 rings (SSSR count). The molecule has 0 bridgehead atoms. The number of carbonyl (C=O) groups is 2. The van der Waals surface area contributed by atoms with Crippen LogP contribution in [0.15, 0.2) is 41.5 Å². The van der Waals surface area contributed by atoms with E-state index in [0.717, 1.165) is 29.7 Å². The zero-order chi connectivity index (χ0) is 20.8. The second-order valence-electron chi connectivity index (χ2n) is 6.55. The van der Waals surface area contributed by atoms with Crippen molar-refractivity contribution in [1.29, 1.82) is 0 Å². The van der Waals surface area contributed by atoms with E-state index in [-0.39, 0.29) is 18.7 Å². The summed E-state index contributed by atoms with van der Waals surface area (Å²) in [4.78, 5) is 42.2. The van der Waals surface area contributed by atoms with Gasteiger partial charge in [-0.05, 0) is 24.5 Å². The van der Waals surface area contributed by atoms with Crippen molar-refractivity contribution in [3.05, 3.63) is 63.0 Å². The monoisotopic (exact) mass is 414 g/mol. The van der Waals surface area contributed by atoms with E-state index in [0.29, 0.717) is 27.3 Å². The van der Waals surface area contributed by atoms with Gasteiger partial charge in [0.2, 0.25) is 0 Å². The van der Waals surface area contributed by atoms with Gasteiger partial charge in [0.05, 0.1) is 18.3 Å². The van der Waals surface area contributed by atoms with Crippen LogP contribution in [0.4, 0.5) is 0 Å². The quantitative estimate of drug-likeness (QED) is 0.414. The lowest BCUT2D eigenvalue weighted by Gasteiger charge is -2.06. The molecular formula is C21H22N2O5S. The minimum absolute atomic E-state index is 0.147. The molecule has 0 amide bonds. The molecule has 8 heteroatoms. The molecule has 152 valence electrons. The van der Waals surface area contributed by atoms with Gasteiger partial charge in [-0.2, -0.15) is 0 Å². The number of esters is 2. The van der Waals surface area contributed by atoms with Gasteiger partial charge >= 0.3 is 11.9 Å². The summed E-state index contributed by atoms with van der Waals surface area (Å²) < 4.78 is 11.7. The van der Waals surface area contributed by atoms with Gasteiger partial charge in [0.25, 0.3) is 5.56 Å². The number of nitrogens with zero attached hydrogens (tertiary/aromatic N) is 2. The van der Waals surface area contributed by atoms with Gasteiger partial charge in [-0.1, -0.05) is 43.7 Å². The first kappa shape index (κ1) is 20.7. The number of aryl methyl sites for hydroxylation is 1. The summed E-state index contributed by atoms with van der Waals surface area (Å²) in [5, 5.41) is 0.325. The van der Waals surface area contributed by atoms with E-state index in [2.05, 4.69) is 4.98 Å². The summed E-state index contributed by atoms with van der Waals surface area (Å²) in [6, 6.07) is 9.36. The van der Waals surface area contributed by atoms with Crippen LogP contribution in [-0.4, -0.2) is 28.1 Å². The molecule has 0 atom stereocenters. The number of aromatic nitrogens is 2. The highest BCUT2D eigenvalue weighted by atomic mass is 32.1. The van der Waals surface area contributed by atoms with Crippen LogP contribution in [0, 0.1) is 6.92 Å². The Balaban J connectivity index is 1.78. The highest BCUT2D eigenvalue weighted by molar-refractivity contribution is 7.20. The third-order valence-corrected chi connectivity index (χ3v) is 5.56. The van der Waals surface area contributed by atoms with Crippen molar-refractivity contribution in [2.24, 2.45) is 0 Å². The molecule has 0 unspecified atom stereocenters. The zero-order valence-electron chi connectivity index (χ0n) is 16.3. The Bertz CT molecular complexity index is 1070. The maximum atomic E-state index is 12.8. The molecule has 29 heavy (non-hydrogen) atoms. The van der Waals surface area contributed by atoms with Crippen LogP contribution in [0.5, 0.6) is 0 Å². The Morgan fingerprint density at radius 3 is 2.66 bits per heavy atom. The first-order valence-corrected chi connectivity index (χ1v) is 10.2. The number of hydrogen-bond donors (Lipinski definition) is 0. The highest BCUT2D eigenvalue weighted by Crippen LogP contribution is 2.27. The standard InChI is InChI=1S/C21H22N2O5S/c1-3-4-10-27-16(24)11-23-13-22-19-17(20(23)25)14(2)18(29-19)21(26)28-12-15-8-6-5-7-9-15/h5-9,13H,3-4,10-12H2,1-2H3. The van der Waals surface area contributed by atoms with E-state index in [4.69, 9.17) is 9.47 Å². The number of rotatable bonds is 8. The number of thiophene rings is 1. The van der Waals surface area contributed by atoms with Crippen molar-refractivity contribution in [2.75, 3.05) is 6.61 Å². The fourth-order valence-corrected chi connectivity index (χ4v) is 3.80. The molecule has 0 saturated carbocycles. The van der Waals surface area contributed by atoms with Gasteiger partial charge in [0.15, 0.2) is 0 Å². The van der Waals surface area contributed by atoms with Crippen molar-refractivity contribution in [1.82, 2.24) is 9.55 Å². The summed E-state index contributed by atoms with van der Waals surface area (Å²) in [6.07, 6.45) is 2.99. The summed E-state index contributed by atoms with van der Waals surface area (Å²) in [7, 11) is 0. The van der Waals surface area contributed by atoms with Crippen LogP contribution in [0.2, 0.25) is 0 Å². The molecule has 7 nitrogen and oxygen atoms in total. The van der Waals surface area contributed by atoms with Crippen LogP contribution >= 0.6 is 11.3 Å². The number of carbonyl (C=O) groups excluding carboxylic acids is 2. The first-order chi connectivity index (χ1) is 14.0. The molecule has 0 aliphatic carbocycles. The average molecular weight is 414 g/mol.